The van der Waals surface area contributed by atoms with Gasteiger partial charge >= 0.3 is 5.97 Å². The molecule has 0 radical (unpaired) electrons. The van der Waals surface area contributed by atoms with Crippen LogP contribution in [0.2, 0.25) is 0 Å². The standard InChI is InChI=1S/C15H15NO5/c17-6-7-20-14-8-13(12(9-16-14)15(18)19)21-10-11-4-2-1-3-5-11/h1-5,8-9,17H,6-7,10H2,(H,18,19). The molecule has 1 heterocycles. The van der Waals surface area contributed by atoms with Gasteiger partial charge in [0.05, 0.1) is 6.61 Å². The Morgan fingerprint density at radius 1 is 1.19 bits per heavy atom. The quantitative estimate of drug-likeness (QED) is 0.807. The van der Waals surface area contributed by atoms with Gasteiger partial charge in [-0.3, -0.25) is 0 Å². The summed E-state index contributed by atoms with van der Waals surface area (Å²) in [5.41, 5.74) is 0.880. The zero-order chi connectivity index (χ0) is 15.1. The van der Waals surface area contributed by atoms with E-state index < -0.39 is 5.97 Å². The number of aliphatic hydroxyl groups excluding tert-OH is 1. The van der Waals surface area contributed by atoms with Crippen LogP contribution in [0.4, 0.5) is 0 Å². The number of aliphatic hydroxyl groups is 1. The number of carboxylic acids is 1. The number of ether oxygens (including phenoxy) is 2. The van der Waals surface area contributed by atoms with Crippen LogP contribution >= 0.6 is 0 Å². The zero-order valence-corrected chi connectivity index (χ0v) is 11.2. The Hall–Kier alpha value is -2.60. The van der Waals surface area contributed by atoms with Crippen molar-refractivity contribution >= 4 is 5.97 Å². The second-order valence-electron chi connectivity index (χ2n) is 4.17. The first-order valence-electron chi connectivity index (χ1n) is 6.34. The Labute approximate surface area is 121 Å². The van der Waals surface area contributed by atoms with Crippen molar-refractivity contribution in [2.45, 2.75) is 6.61 Å². The van der Waals surface area contributed by atoms with E-state index in [2.05, 4.69) is 4.98 Å². The predicted molar refractivity (Wildman–Crippen MR) is 74.6 cm³/mol. The van der Waals surface area contributed by atoms with E-state index in [0.29, 0.717) is 0 Å². The minimum atomic E-state index is -1.13. The van der Waals surface area contributed by atoms with Gasteiger partial charge in [-0.05, 0) is 5.56 Å². The molecule has 6 heteroatoms. The summed E-state index contributed by atoms with van der Waals surface area (Å²) < 4.78 is 10.7. The monoisotopic (exact) mass is 289 g/mol. The van der Waals surface area contributed by atoms with Crippen LogP contribution in [0.3, 0.4) is 0 Å². The Bertz CT molecular complexity index is 600. The van der Waals surface area contributed by atoms with Crippen LogP contribution < -0.4 is 9.47 Å². The van der Waals surface area contributed by atoms with Crippen molar-refractivity contribution in [1.29, 1.82) is 0 Å². The van der Waals surface area contributed by atoms with Gasteiger partial charge in [-0.25, -0.2) is 9.78 Å². The van der Waals surface area contributed by atoms with Crippen molar-refractivity contribution in [3.63, 3.8) is 0 Å². The van der Waals surface area contributed by atoms with E-state index >= 15 is 0 Å². The molecule has 2 aromatic rings. The highest BCUT2D eigenvalue weighted by atomic mass is 16.5. The largest absolute Gasteiger partial charge is 0.488 e. The fourth-order valence-electron chi connectivity index (χ4n) is 1.66. The molecule has 0 saturated heterocycles. The Morgan fingerprint density at radius 2 is 1.95 bits per heavy atom. The highest BCUT2D eigenvalue weighted by Crippen LogP contribution is 2.23. The molecular weight excluding hydrogens is 274 g/mol. The zero-order valence-electron chi connectivity index (χ0n) is 11.2. The fraction of sp³-hybridized carbons (Fsp3) is 0.200. The third-order valence-electron chi connectivity index (χ3n) is 2.65. The molecule has 1 aromatic carbocycles. The minimum absolute atomic E-state index is 0.0396. The van der Waals surface area contributed by atoms with E-state index in [4.69, 9.17) is 19.7 Å². The van der Waals surface area contributed by atoms with Gasteiger partial charge in [-0.15, -0.1) is 0 Å². The highest BCUT2D eigenvalue weighted by molar-refractivity contribution is 5.90. The molecule has 0 unspecified atom stereocenters. The van der Waals surface area contributed by atoms with E-state index in [1.54, 1.807) is 0 Å². The van der Waals surface area contributed by atoms with Crippen molar-refractivity contribution in [2.24, 2.45) is 0 Å². The van der Waals surface area contributed by atoms with Crippen LogP contribution in [0.15, 0.2) is 42.6 Å². The number of hydrogen-bond donors (Lipinski definition) is 2. The highest BCUT2D eigenvalue weighted by Gasteiger charge is 2.14. The van der Waals surface area contributed by atoms with Gasteiger partial charge < -0.3 is 19.7 Å². The molecule has 0 saturated carbocycles. The second kappa shape index (κ2) is 7.25. The van der Waals surface area contributed by atoms with Crippen molar-refractivity contribution in [3.8, 4) is 11.6 Å². The maximum Gasteiger partial charge on any atom is 0.341 e. The summed E-state index contributed by atoms with van der Waals surface area (Å²) in [6, 6.07) is 10.8. The number of hydrogen-bond acceptors (Lipinski definition) is 5. The lowest BCUT2D eigenvalue weighted by atomic mass is 10.2. The van der Waals surface area contributed by atoms with Gasteiger partial charge in [0, 0.05) is 12.3 Å². The molecule has 0 bridgehead atoms. The minimum Gasteiger partial charge on any atom is -0.488 e. The lowest BCUT2D eigenvalue weighted by Crippen LogP contribution is -2.07. The first kappa shape index (κ1) is 14.8. The third kappa shape index (κ3) is 4.19. The molecule has 1 aromatic heterocycles. The number of aromatic nitrogens is 1. The van der Waals surface area contributed by atoms with Crippen LogP contribution in [-0.2, 0) is 6.61 Å². The Kier molecular flexibility index (Phi) is 5.11. The van der Waals surface area contributed by atoms with Crippen molar-refractivity contribution < 1.29 is 24.5 Å². The SMILES string of the molecule is O=C(O)c1cnc(OCCO)cc1OCc1ccccc1. The molecule has 21 heavy (non-hydrogen) atoms. The molecule has 6 nitrogen and oxygen atoms in total. The lowest BCUT2D eigenvalue weighted by Gasteiger charge is -2.11. The van der Waals surface area contributed by atoms with E-state index in [1.165, 1.54) is 12.3 Å². The van der Waals surface area contributed by atoms with E-state index in [9.17, 15) is 4.79 Å². The number of nitrogens with zero attached hydrogens (tertiary/aromatic N) is 1. The molecule has 0 aliphatic carbocycles. The topological polar surface area (TPSA) is 88.9 Å². The van der Waals surface area contributed by atoms with Gasteiger partial charge in [0.25, 0.3) is 0 Å². The second-order valence-corrected chi connectivity index (χ2v) is 4.17. The smallest absolute Gasteiger partial charge is 0.341 e. The molecule has 0 spiro atoms. The van der Waals surface area contributed by atoms with E-state index in [-0.39, 0.29) is 37.0 Å². The van der Waals surface area contributed by atoms with Crippen LogP contribution in [0.1, 0.15) is 15.9 Å². The number of carboxylic acid groups (broad SMARTS) is 1. The average Bonchev–Trinajstić information content (AvgIpc) is 2.51. The summed E-state index contributed by atoms with van der Waals surface area (Å²) in [7, 11) is 0. The summed E-state index contributed by atoms with van der Waals surface area (Å²) in [4.78, 5) is 15.0. The summed E-state index contributed by atoms with van der Waals surface area (Å²) in [5.74, 6) is -0.745. The molecule has 0 aliphatic heterocycles. The van der Waals surface area contributed by atoms with Gasteiger partial charge in [-0.2, -0.15) is 0 Å². The van der Waals surface area contributed by atoms with Crippen molar-refractivity contribution in [1.82, 2.24) is 4.98 Å². The number of carbonyl (C=O) groups is 1. The summed E-state index contributed by atoms with van der Waals surface area (Å²) in [6.45, 7) is 0.171. The molecule has 0 fully saturated rings. The first-order chi connectivity index (χ1) is 10.2. The number of rotatable bonds is 7. The normalized spacial score (nSPS) is 10.1. The Morgan fingerprint density at radius 3 is 2.62 bits per heavy atom. The van der Waals surface area contributed by atoms with Crippen LogP contribution in [0, 0.1) is 0 Å². The Balaban J connectivity index is 2.16. The van der Waals surface area contributed by atoms with E-state index in [1.807, 2.05) is 30.3 Å². The molecule has 0 aliphatic rings. The number of aromatic carboxylic acids is 1. The molecule has 110 valence electrons. The van der Waals surface area contributed by atoms with Crippen LogP contribution in [0.5, 0.6) is 11.6 Å². The summed E-state index contributed by atoms with van der Waals surface area (Å²) in [5, 5.41) is 17.8. The van der Waals surface area contributed by atoms with E-state index in [0.717, 1.165) is 5.56 Å². The third-order valence-corrected chi connectivity index (χ3v) is 2.65. The number of benzene rings is 1. The lowest BCUT2D eigenvalue weighted by molar-refractivity contribution is 0.0691. The number of pyridine rings is 1. The van der Waals surface area contributed by atoms with Crippen molar-refractivity contribution in [2.75, 3.05) is 13.2 Å². The maximum absolute atomic E-state index is 11.2. The molecular formula is C15H15NO5. The molecule has 2 rings (SSSR count). The summed E-state index contributed by atoms with van der Waals surface area (Å²) in [6.07, 6.45) is 1.18. The maximum atomic E-state index is 11.2. The first-order valence-corrected chi connectivity index (χ1v) is 6.34. The van der Waals surface area contributed by atoms with Gasteiger partial charge in [0.15, 0.2) is 0 Å². The molecule has 2 N–H and O–H groups in total. The van der Waals surface area contributed by atoms with Crippen molar-refractivity contribution in [3.05, 3.63) is 53.7 Å². The average molecular weight is 289 g/mol. The van der Waals surface area contributed by atoms with Crippen LogP contribution in [0.25, 0.3) is 0 Å². The molecule has 0 atom stereocenters. The van der Waals surface area contributed by atoms with Crippen LogP contribution in [-0.4, -0.2) is 34.4 Å². The van der Waals surface area contributed by atoms with Gasteiger partial charge in [0.1, 0.15) is 24.5 Å². The van der Waals surface area contributed by atoms with Gasteiger partial charge in [-0.1, -0.05) is 30.3 Å². The molecule has 0 amide bonds. The predicted octanol–water partition coefficient (Wildman–Crippen LogP) is 1.73. The summed E-state index contributed by atoms with van der Waals surface area (Å²) >= 11 is 0. The van der Waals surface area contributed by atoms with Gasteiger partial charge in [0.2, 0.25) is 5.88 Å². The fourth-order valence-corrected chi connectivity index (χ4v) is 1.66.